The minimum atomic E-state index is -0.685. The fourth-order valence-corrected chi connectivity index (χ4v) is 2.28. The van der Waals surface area contributed by atoms with Crippen molar-refractivity contribution in [3.8, 4) is 0 Å². The third-order valence-electron chi connectivity index (χ3n) is 2.42. The van der Waals surface area contributed by atoms with Crippen molar-refractivity contribution in [1.82, 2.24) is 20.4 Å². The van der Waals surface area contributed by atoms with E-state index in [4.69, 9.17) is 4.74 Å². The molecule has 3 amide bonds. The Morgan fingerprint density at radius 1 is 1.56 bits per heavy atom. The number of aryl methyl sites for hydroxylation is 1. The Hall–Kier alpha value is -1.90. The number of likely N-dealkylation sites (N-methyl/N-ethyl adjacent to an activating group) is 1. The molecule has 1 unspecified atom stereocenters. The van der Waals surface area contributed by atoms with Crippen LogP contribution in [0.5, 0.6) is 0 Å². The van der Waals surface area contributed by atoms with Crippen LogP contribution in [-0.2, 0) is 4.74 Å². The molecule has 9 heteroatoms. The highest BCUT2D eigenvalue weighted by atomic mass is 32.1. The molecule has 1 aromatic rings. The number of hydrogen-bond acceptors (Lipinski definition) is 6. The molecule has 2 rings (SSSR count). The van der Waals surface area contributed by atoms with Gasteiger partial charge in [0.15, 0.2) is 0 Å². The van der Waals surface area contributed by atoms with Gasteiger partial charge in [0, 0.05) is 14.1 Å². The number of nitrogens with zero attached hydrogens (tertiary/aromatic N) is 4. The van der Waals surface area contributed by atoms with Gasteiger partial charge < -0.3 is 15.0 Å². The molecule has 98 valence electrons. The lowest BCUT2D eigenvalue weighted by Crippen LogP contribution is -2.39. The molecule has 1 saturated heterocycles. The van der Waals surface area contributed by atoms with Crippen molar-refractivity contribution in [3.63, 3.8) is 0 Å². The average molecular weight is 271 g/mol. The van der Waals surface area contributed by atoms with Crippen LogP contribution in [0.25, 0.3) is 0 Å². The molecule has 8 nitrogen and oxygen atoms in total. The molecule has 1 atom stereocenters. The molecular formula is C9H13N5O3S. The second kappa shape index (κ2) is 4.77. The second-order valence-electron chi connectivity index (χ2n) is 3.75. The fourth-order valence-electron chi connectivity index (χ4n) is 1.56. The summed E-state index contributed by atoms with van der Waals surface area (Å²) in [5.41, 5.74) is 0. The third-order valence-corrected chi connectivity index (χ3v) is 3.26. The van der Waals surface area contributed by atoms with Crippen molar-refractivity contribution in [2.75, 3.05) is 25.5 Å². The van der Waals surface area contributed by atoms with Crippen LogP contribution >= 0.6 is 11.3 Å². The summed E-state index contributed by atoms with van der Waals surface area (Å²) in [5, 5.41) is 11.3. The Labute approximate surface area is 108 Å². The maximum atomic E-state index is 12.0. The average Bonchev–Trinajstić information content (AvgIpc) is 2.85. The molecule has 18 heavy (non-hydrogen) atoms. The van der Waals surface area contributed by atoms with E-state index in [1.54, 1.807) is 14.0 Å². The first-order valence-corrected chi connectivity index (χ1v) is 6.07. The molecule has 0 aliphatic carbocycles. The van der Waals surface area contributed by atoms with Crippen LogP contribution < -0.4 is 10.2 Å². The van der Waals surface area contributed by atoms with E-state index in [1.807, 2.05) is 0 Å². The number of amides is 3. The quantitative estimate of drug-likeness (QED) is 0.841. The molecular weight excluding hydrogens is 258 g/mol. The summed E-state index contributed by atoms with van der Waals surface area (Å²) in [6.45, 7) is 2.09. The lowest BCUT2D eigenvalue weighted by molar-refractivity contribution is 0.105. The van der Waals surface area contributed by atoms with E-state index in [2.05, 4.69) is 15.5 Å². The van der Waals surface area contributed by atoms with Crippen LogP contribution in [0.4, 0.5) is 14.7 Å². The number of carbonyl (C=O) groups excluding carboxylic acids is 2. The first-order chi connectivity index (χ1) is 8.52. The van der Waals surface area contributed by atoms with Crippen LogP contribution in [0.3, 0.4) is 0 Å². The summed E-state index contributed by atoms with van der Waals surface area (Å²) in [6.07, 6.45) is -1.27. The number of carbonyl (C=O) groups is 2. The smallest absolute Gasteiger partial charge is 0.408 e. The second-order valence-corrected chi connectivity index (χ2v) is 4.91. The third kappa shape index (κ3) is 2.21. The number of ether oxygens (including phenoxy) is 1. The Morgan fingerprint density at radius 3 is 2.83 bits per heavy atom. The summed E-state index contributed by atoms with van der Waals surface area (Å²) in [7, 11) is 3.10. The number of hydrogen-bond donors (Lipinski definition) is 1. The Kier molecular flexibility index (Phi) is 3.32. The van der Waals surface area contributed by atoms with Gasteiger partial charge in [-0.2, -0.15) is 0 Å². The fraction of sp³-hybridized carbons (Fsp3) is 0.556. The van der Waals surface area contributed by atoms with Crippen LogP contribution in [-0.4, -0.2) is 54.1 Å². The normalized spacial score (nSPS) is 19.3. The van der Waals surface area contributed by atoms with Crippen LogP contribution in [0.15, 0.2) is 0 Å². The van der Waals surface area contributed by atoms with Gasteiger partial charge in [0.2, 0.25) is 11.4 Å². The van der Waals surface area contributed by atoms with Gasteiger partial charge in [-0.05, 0) is 6.92 Å². The van der Waals surface area contributed by atoms with E-state index in [0.717, 1.165) is 5.01 Å². The standard InChI is InChI=1S/C9H13N5O3S/c1-5-11-12-7(18-5)14-6(17-8(15)10-2)4-13(3)9(14)16/h6H,4H2,1-3H3,(H,10,15). The molecule has 0 saturated carbocycles. The maximum absolute atomic E-state index is 12.0. The van der Waals surface area contributed by atoms with Crippen molar-refractivity contribution in [2.24, 2.45) is 0 Å². The topological polar surface area (TPSA) is 87.7 Å². The van der Waals surface area contributed by atoms with Crippen molar-refractivity contribution in [3.05, 3.63) is 5.01 Å². The number of alkyl carbamates (subject to hydrolysis) is 1. The molecule has 1 aliphatic rings. The monoisotopic (exact) mass is 271 g/mol. The zero-order valence-corrected chi connectivity index (χ0v) is 11.0. The highest BCUT2D eigenvalue weighted by Crippen LogP contribution is 2.27. The van der Waals surface area contributed by atoms with E-state index >= 15 is 0 Å². The summed E-state index contributed by atoms with van der Waals surface area (Å²) >= 11 is 1.27. The number of nitrogens with one attached hydrogen (secondary N) is 1. The van der Waals surface area contributed by atoms with Crippen molar-refractivity contribution in [2.45, 2.75) is 13.2 Å². The van der Waals surface area contributed by atoms with Gasteiger partial charge in [-0.25, -0.2) is 14.5 Å². The van der Waals surface area contributed by atoms with Crippen LogP contribution in [0.1, 0.15) is 5.01 Å². The zero-order chi connectivity index (χ0) is 13.3. The summed E-state index contributed by atoms with van der Waals surface area (Å²) < 4.78 is 5.13. The lowest BCUT2D eigenvalue weighted by Gasteiger charge is -2.19. The van der Waals surface area contributed by atoms with Gasteiger partial charge in [-0.1, -0.05) is 11.3 Å². The van der Waals surface area contributed by atoms with Gasteiger partial charge in [0.05, 0.1) is 6.54 Å². The summed E-state index contributed by atoms with van der Waals surface area (Å²) in [5.74, 6) is 0. The Bertz CT molecular complexity index is 477. The highest BCUT2D eigenvalue weighted by Gasteiger charge is 2.40. The first-order valence-electron chi connectivity index (χ1n) is 5.25. The molecule has 1 aliphatic heterocycles. The van der Waals surface area contributed by atoms with Gasteiger partial charge in [-0.15, -0.1) is 10.2 Å². The van der Waals surface area contributed by atoms with E-state index < -0.39 is 12.3 Å². The molecule has 1 aromatic heterocycles. The molecule has 0 spiro atoms. The molecule has 1 fully saturated rings. The number of anilines is 1. The van der Waals surface area contributed by atoms with E-state index in [0.29, 0.717) is 11.7 Å². The minimum absolute atomic E-state index is 0.264. The van der Waals surface area contributed by atoms with E-state index in [1.165, 1.54) is 28.2 Å². The van der Waals surface area contributed by atoms with Crippen molar-refractivity contribution < 1.29 is 14.3 Å². The van der Waals surface area contributed by atoms with Gasteiger partial charge >= 0.3 is 12.1 Å². The number of rotatable bonds is 2. The van der Waals surface area contributed by atoms with Gasteiger partial charge in [-0.3, -0.25) is 0 Å². The Morgan fingerprint density at radius 2 is 2.28 bits per heavy atom. The minimum Gasteiger partial charge on any atom is -0.423 e. The van der Waals surface area contributed by atoms with E-state index in [9.17, 15) is 9.59 Å². The van der Waals surface area contributed by atoms with Crippen LogP contribution in [0, 0.1) is 6.92 Å². The molecule has 0 aromatic carbocycles. The Balaban J connectivity index is 2.23. The summed E-state index contributed by atoms with van der Waals surface area (Å²) in [6, 6.07) is -0.264. The zero-order valence-electron chi connectivity index (χ0n) is 10.2. The lowest BCUT2D eigenvalue weighted by atomic mass is 10.5. The first kappa shape index (κ1) is 12.6. The molecule has 0 bridgehead atoms. The van der Waals surface area contributed by atoms with Gasteiger partial charge in [0.25, 0.3) is 0 Å². The molecule has 1 N–H and O–H groups in total. The maximum Gasteiger partial charge on any atom is 0.408 e. The van der Waals surface area contributed by atoms with Crippen molar-refractivity contribution >= 4 is 28.6 Å². The predicted octanol–water partition coefficient (Wildman–Crippen LogP) is 0.400. The van der Waals surface area contributed by atoms with E-state index in [-0.39, 0.29) is 6.03 Å². The van der Waals surface area contributed by atoms with Gasteiger partial charge in [0.1, 0.15) is 5.01 Å². The van der Waals surface area contributed by atoms with Crippen molar-refractivity contribution in [1.29, 1.82) is 0 Å². The largest absolute Gasteiger partial charge is 0.423 e. The molecule has 2 heterocycles. The number of urea groups is 1. The SMILES string of the molecule is CNC(=O)OC1CN(C)C(=O)N1c1nnc(C)s1. The highest BCUT2D eigenvalue weighted by molar-refractivity contribution is 7.15. The molecule has 0 radical (unpaired) electrons. The summed E-state index contributed by atoms with van der Waals surface area (Å²) in [4.78, 5) is 26.0. The predicted molar refractivity (Wildman–Crippen MR) is 64.5 cm³/mol. The number of aromatic nitrogens is 2. The van der Waals surface area contributed by atoms with Crippen LogP contribution in [0.2, 0.25) is 0 Å².